The summed E-state index contributed by atoms with van der Waals surface area (Å²) in [4.78, 5) is 106. The minimum absolute atomic E-state index is 0.0221. The van der Waals surface area contributed by atoms with Crippen molar-refractivity contribution in [2.45, 2.75) is 128 Å². The largest absolute Gasteiger partial charge is 0.444 e. The van der Waals surface area contributed by atoms with E-state index in [0.717, 1.165) is 106 Å². The Kier molecular flexibility index (Phi) is 20.1. The molecule has 4 saturated heterocycles. The number of halogens is 3. The van der Waals surface area contributed by atoms with Crippen LogP contribution < -0.4 is 10.9 Å². The Labute approximate surface area is 506 Å². The molecule has 17 nitrogen and oxygen atoms in total. The zero-order valence-corrected chi connectivity index (χ0v) is 50.4. The van der Waals surface area contributed by atoms with Gasteiger partial charge in [-0.05, 0) is 157 Å². The molecule has 0 spiro atoms. The fraction of sp³-hybridized carbons (Fsp3) is 0.522. The van der Waals surface area contributed by atoms with Crippen LogP contribution in [0.15, 0.2) is 89.7 Å². The van der Waals surface area contributed by atoms with Gasteiger partial charge in [-0.1, -0.05) is 61.7 Å². The first-order valence-corrected chi connectivity index (χ1v) is 31.3. The number of nitrogens with zero attached hydrogens (tertiary/aromatic N) is 7. The van der Waals surface area contributed by atoms with Crippen LogP contribution >= 0.6 is 0 Å². The molecule has 87 heavy (non-hydrogen) atoms. The fourth-order valence-corrected chi connectivity index (χ4v) is 13.5. The lowest BCUT2D eigenvalue weighted by Gasteiger charge is -2.39. The number of carbonyl (C=O) groups is 6. The van der Waals surface area contributed by atoms with Gasteiger partial charge in [-0.25, -0.2) is 23.1 Å². The predicted molar refractivity (Wildman–Crippen MR) is 323 cm³/mol. The molecular formula is C67H82F3N9O8. The Hall–Kier alpha value is -7.61. The van der Waals surface area contributed by atoms with E-state index in [9.17, 15) is 42.3 Å². The Morgan fingerprint density at radius 1 is 0.690 bits per heavy atom. The number of ether oxygens (including phenoxy) is 1. The number of H-pyrrole nitrogens is 1. The number of rotatable bonds is 16. The summed E-state index contributed by atoms with van der Waals surface area (Å²) in [7, 11) is 0. The van der Waals surface area contributed by atoms with Gasteiger partial charge in [0.1, 0.15) is 35.6 Å². The molecule has 5 heterocycles. The van der Waals surface area contributed by atoms with Crippen LogP contribution in [0.25, 0.3) is 10.8 Å². The molecule has 1 aliphatic carbocycles. The highest BCUT2D eigenvalue weighted by molar-refractivity contribution is 5.98. The van der Waals surface area contributed by atoms with Gasteiger partial charge in [-0.2, -0.15) is 5.10 Å². The molecule has 1 saturated carbocycles. The molecule has 20 heteroatoms. The van der Waals surface area contributed by atoms with Crippen molar-refractivity contribution in [2.75, 3.05) is 78.5 Å². The average molecular weight is 1200 g/mol. The normalized spacial score (nSPS) is 19.0. The fourth-order valence-electron chi connectivity index (χ4n) is 13.5. The second kappa shape index (κ2) is 28.0. The second-order valence-electron chi connectivity index (χ2n) is 25.7. The van der Waals surface area contributed by atoms with E-state index in [4.69, 9.17) is 4.74 Å². The van der Waals surface area contributed by atoms with Crippen molar-refractivity contribution in [3.8, 4) is 0 Å². The van der Waals surface area contributed by atoms with Crippen molar-refractivity contribution in [3.05, 3.63) is 146 Å². The zero-order chi connectivity index (χ0) is 61.4. The molecule has 0 bridgehead atoms. The van der Waals surface area contributed by atoms with Crippen LogP contribution in [0.2, 0.25) is 0 Å². The topological polar surface area (TPSA) is 189 Å². The van der Waals surface area contributed by atoms with Gasteiger partial charge in [0.05, 0.1) is 29.7 Å². The van der Waals surface area contributed by atoms with Crippen molar-refractivity contribution in [3.63, 3.8) is 0 Å². The van der Waals surface area contributed by atoms with Gasteiger partial charge in [0.15, 0.2) is 0 Å². The van der Waals surface area contributed by atoms with Crippen molar-refractivity contribution in [1.82, 2.24) is 44.9 Å². The first-order chi connectivity index (χ1) is 41.8. The van der Waals surface area contributed by atoms with Gasteiger partial charge in [-0.15, -0.1) is 0 Å². The number of likely N-dealkylation sites (tertiary alicyclic amines) is 3. The summed E-state index contributed by atoms with van der Waals surface area (Å²) in [5.41, 5.74) is 1.46. The highest BCUT2D eigenvalue weighted by atomic mass is 19.1. The lowest BCUT2D eigenvalue weighted by Crippen LogP contribution is -2.54. The number of piperidine rings is 3. The summed E-state index contributed by atoms with van der Waals surface area (Å²) in [5, 5.41) is 11.2. The molecule has 2 atom stereocenters. The minimum Gasteiger partial charge on any atom is -0.444 e. The average Bonchev–Trinajstić information content (AvgIpc) is 2.92. The number of aromatic amines is 1. The molecule has 1 aromatic heterocycles. The smallest absolute Gasteiger partial charge is 0.411 e. The molecule has 5 fully saturated rings. The van der Waals surface area contributed by atoms with E-state index in [-0.39, 0.29) is 65.2 Å². The Balaban J connectivity index is 0.667. The van der Waals surface area contributed by atoms with Crippen LogP contribution in [-0.2, 0) is 32.1 Å². The quantitative estimate of drug-likeness (QED) is 0.0965. The third-order valence-electron chi connectivity index (χ3n) is 18.4. The van der Waals surface area contributed by atoms with E-state index in [1.807, 2.05) is 35.2 Å². The first-order valence-electron chi connectivity index (χ1n) is 31.3. The maximum Gasteiger partial charge on any atom is 0.411 e. The van der Waals surface area contributed by atoms with E-state index >= 15 is 4.39 Å². The molecule has 0 radical (unpaired) electrons. The summed E-state index contributed by atoms with van der Waals surface area (Å²) < 4.78 is 49.3. The van der Waals surface area contributed by atoms with Crippen LogP contribution in [0.3, 0.4) is 0 Å². The highest BCUT2D eigenvalue weighted by Gasteiger charge is 2.38. The number of amides is 6. The van der Waals surface area contributed by atoms with Crippen molar-refractivity contribution in [2.24, 2.45) is 17.8 Å². The molecule has 5 aromatic rings. The first kappa shape index (κ1) is 62.4. The Bertz CT molecular complexity index is 3360. The number of piperazine rings is 1. The third kappa shape index (κ3) is 15.9. The Morgan fingerprint density at radius 3 is 2.10 bits per heavy atom. The van der Waals surface area contributed by atoms with Crippen LogP contribution in [-0.4, -0.2) is 165 Å². The van der Waals surface area contributed by atoms with Crippen molar-refractivity contribution >= 4 is 46.4 Å². The number of aromatic nitrogens is 2. The number of carbonyl (C=O) groups excluding carboxylic acids is 6. The maximum absolute atomic E-state index is 15.2. The van der Waals surface area contributed by atoms with Gasteiger partial charge in [0.25, 0.3) is 17.4 Å². The molecule has 6 amide bonds. The molecule has 10 rings (SSSR count). The van der Waals surface area contributed by atoms with Crippen LogP contribution in [0.5, 0.6) is 0 Å². The maximum atomic E-state index is 15.2. The van der Waals surface area contributed by atoms with Crippen molar-refractivity contribution < 1.29 is 46.7 Å². The van der Waals surface area contributed by atoms with Gasteiger partial charge < -0.3 is 29.7 Å². The molecule has 0 unspecified atom stereocenters. The SMILES string of the molecule is CC(C)(C)OC(=O)N(CC(=O)N1CCC[C@@H](c2cccc(C(=O)N[C@@H](C(=O)N3CCC(CC4CCN(CC(=O)N5CCN(C(=O)c6cc(Cc7n[nH]c(=O)c8ccccc78)ccc6F)CC5)CC4)CC3)C3CCCCC3)c2)C1)Cc1ccc(F)cc1F. The number of hydrogen-bond acceptors (Lipinski definition) is 10. The van der Waals surface area contributed by atoms with Gasteiger partial charge in [-0.3, -0.25) is 38.6 Å². The number of hydrogen-bond donors (Lipinski definition) is 2. The number of benzene rings is 4. The van der Waals surface area contributed by atoms with E-state index < -0.39 is 41.1 Å². The van der Waals surface area contributed by atoms with Crippen LogP contribution in [0.1, 0.15) is 147 Å². The van der Waals surface area contributed by atoms with E-state index in [1.165, 1.54) is 12.1 Å². The van der Waals surface area contributed by atoms with E-state index in [0.29, 0.717) is 111 Å². The van der Waals surface area contributed by atoms with Gasteiger partial charge in [0.2, 0.25) is 17.7 Å². The van der Waals surface area contributed by atoms with Gasteiger partial charge >= 0.3 is 6.09 Å². The third-order valence-corrected chi connectivity index (χ3v) is 18.4. The standard InChI is InChI=1S/C67H82F3N9O8/c1-67(2,3)87-66(86)79(41-51-19-20-52(68)39-57(51)70)43-60(81)78-26-10-15-50(40-78)48-13-9-14-49(38-48)62(82)71-61(47-11-5-4-6-12-47)65(85)76-29-24-45(25-30-76)35-44-22-27-74(28-23-44)42-59(80)75-31-33-77(34-32-75)64(84)55-36-46(18-21-56(55)69)37-58-53-16-7-8-17-54(53)63(83)73-72-58/h7-9,13-14,16-21,36,38-39,44-45,47,50,61H,4-6,10-12,15,22-35,37,40-43H2,1-3H3,(H,71,82)(H,73,83)/t50-,61-/m1/s1. The molecule has 4 aromatic carbocycles. The molecular weight excluding hydrogens is 1120 g/mol. The zero-order valence-electron chi connectivity index (χ0n) is 50.4. The lowest BCUT2D eigenvalue weighted by molar-refractivity contribution is -0.137. The summed E-state index contributed by atoms with van der Waals surface area (Å²) in [6.07, 6.45) is 10.6. The molecule has 4 aliphatic heterocycles. The molecule has 5 aliphatic rings. The van der Waals surface area contributed by atoms with Crippen LogP contribution in [0.4, 0.5) is 18.0 Å². The molecule has 464 valence electrons. The summed E-state index contributed by atoms with van der Waals surface area (Å²) in [6, 6.07) is 21.4. The Morgan fingerprint density at radius 2 is 1.39 bits per heavy atom. The highest BCUT2D eigenvalue weighted by Crippen LogP contribution is 2.34. The summed E-state index contributed by atoms with van der Waals surface area (Å²) in [5.74, 6) is -2.37. The molecule has 2 N–H and O–H groups in total. The predicted octanol–water partition coefficient (Wildman–Crippen LogP) is 9.08. The lowest BCUT2D eigenvalue weighted by atomic mass is 9.81. The number of nitrogens with one attached hydrogen (secondary N) is 2. The van der Waals surface area contributed by atoms with Gasteiger partial charge in [0, 0.05) is 87.3 Å². The second-order valence-corrected chi connectivity index (χ2v) is 25.7. The minimum atomic E-state index is -0.880. The summed E-state index contributed by atoms with van der Waals surface area (Å²) in [6.45, 7) is 9.75. The summed E-state index contributed by atoms with van der Waals surface area (Å²) >= 11 is 0. The van der Waals surface area contributed by atoms with Crippen LogP contribution in [0, 0.1) is 35.2 Å². The monoisotopic (exact) mass is 1200 g/mol. The van der Waals surface area contributed by atoms with Crippen molar-refractivity contribution in [1.29, 1.82) is 0 Å². The van der Waals surface area contributed by atoms with E-state index in [1.54, 1.807) is 65.8 Å². The van der Waals surface area contributed by atoms with E-state index in [2.05, 4.69) is 20.4 Å². The number of fused-ring (bicyclic) bond motifs is 1.